The van der Waals surface area contributed by atoms with Crippen molar-refractivity contribution in [1.29, 1.82) is 0 Å². The van der Waals surface area contributed by atoms with Crippen LogP contribution in [-0.4, -0.2) is 28.8 Å². The molecule has 0 aromatic heterocycles. The van der Waals surface area contributed by atoms with Crippen molar-refractivity contribution in [3.05, 3.63) is 23.5 Å². The van der Waals surface area contributed by atoms with Crippen LogP contribution in [0.5, 0.6) is 0 Å². The van der Waals surface area contributed by atoms with Gasteiger partial charge in [-0.1, -0.05) is 11.8 Å². The molecular weight excluding hydrogens is 328 g/mol. The number of hydrogen-bond donors (Lipinski definition) is 1. The predicted molar refractivity (Wildman–Crippen MR) is 75.6 cm³/mol. The number of halogens is 4. The van der Waals surface area contributed by atoms with Gasteiger partial charge >= 0.3 is 6.18 Å². The number of benzene rings is 1. The van der Waals surface area contributed by atoms with Gasteiger partial charge < -0.3 is 5.32 Å². The number of amidine groups is 1. The highest BCUT2D eigenvalue weighted by molar-refractivity contribution is 8.15. The van der Waals surface area contributed by atoms with Crippen molar-refractivity contribution in [2.24, 2.45) is 4.99 Å². The zero-order valence-corrected chi connectivity index (χ0v) is 12.4. The van der Waals surface area contributed by atoms with Crippen LogP contribution >= 0.6 is 23.5 Å². The number of thioether (sulfide) groups is 2. The number of aryl methyl sites for hydroxylation is 1. The maximum Gasteiger partial charge on any atom is 0.398 e. The largest absolute Gasteiger partial charge is 0.398 e. The minimum Gasteiger partial charge on any atom is -0.304 e. The zero-order chi connectivity index (χ0) is 15.6. The summed E-state index contributed by atoms with van der Waals surface area (Å²) < 4.78 is 50.5. The van der Waals surface area contributed by atoms with Crippen LogP contribution < -0.4 is 5.32 Å². The lowest BCUT2D eigenvalue weighted by molar-refractivity contribution is -0.116. The average Bonchev–Trinajstić information content (AvgIpc) is 2.76. The monoisotopic (exact) mass is 338 g/mol. The number of nitrogens with zero attached hydrogens (tertiary/aromatic N) is 1. The van der Waals surface area contributed by atoms with Crippen LogP contribution in [0.3, 0.4) is 0 Å². The van der Waals surface area contributed by atoms with Gasteiger partial charge in [-0.25, -0.2) is 9.38 Å². The molecule has 0 unspecified atom stereocenters. The number of alkyl halides is 3. The van der Waals surface area contributed by atoms with E-state index in [-0.39, 0.29) is 22.5 Å². The molecule has 0 spiro atoms. The molecule has 9 heteroatoms. The molecule has 0 atom stereocenters. The Hall–Kier alpha value is -1.22. The third-order valence-electron chi connectivity index (χ3n) is 2.44. The molecular formula is C12H10F4N2OS2. The Kier molecular flexibility index (Phi) is 4.82. The summed E-state index contributed by atoms with van der Waals surface area (Å²) in [5, 5.41) is 2.69. The molecule has 114 valence electrons. The van der Waals surface area contributed by atoms with Gasteiger partial charge in [0.2, 0.25) is 5.91 Å². The standard InChI is InChI=1S/C12H10F4N2OS2/c1-6-2-7(13)8(17-11-18-10(19)4-20-11)3-9(6)21-5-12(14,15)16/h2-3H,4-5H2,1H3,(H,17,18,19). The van der Waals surface area contributed by atoms with E-state index in [1.165, 1.54) is 13.0 Å². The molecule has 1 amide bonds. The lowest BCUT2D eigenvalue weighted by atomic mass is 10.2. The lowest BCUT2D eigenvalue weighted by Gasteiger charge is -2.10. The first-order valence-electron chi connectivity index (χ1n) is 5.75. The van der Waals surface area contributed by atoms with Gasteiger partial charge in [-0.3, -0.25) is 4.79 Å². The fourth-order valence-corrected chi connectivity index (χ4v) is 3.03. The maximum absolute atomic E-state index is 13.8. The molecule has 1 aromatic carbocycles. The van der Waals surface area contributed by atoms with E-state index in [2.05, 4.69) is 10.3 Å². The quantitative estimate of drug-likeness (QED) is 0.676. The van der Waals surface area contributed by atoms with Crippen molar-refractivity contribution in [2.75, 3.05) is 11.5 Å². The molecule has 1 heterocycles. The van der Waals surface area contributed by atoms with Crippen LogP contribution in [-0.2, 0) is 4.79 Å². The normalized spacial score (nSPS) is 17.4. The molecule has 2 rings (SSSR count). The number of hydrogen-bond acceptors (Lipinski definition) is 4. The third kappa shape index (κ3) is 4.63. The predicted octanol–water partition coefficient (Wildman–Crippen LogP) is 3.64. The minimum atomic E-state index is -4.30. The van der Waals surface area contributed by atoms with E-state index in [9.17, 15) is 22.4 Å². The van der Waals surface area contributed by atoms with Crippen molar-refractivity contribution >= 4 is 40.3 Å². The Bertz CT molecular complexity index is 602. The van der Waals surface area contributed by atoms with Crippen LogP contribution in [0.25, 0.3) is 0 Å². The molecule has 1 fully saturated rings. The Labute approximate surface area is 126 Å². The lowest BCUT2D eigenvalue weighted by Crippen LogP contribution is -2.19. The van der Waals surface area contributed by atoms with Crippen molar-refractivity contribution in [2.45, 2.75) is 18.0 Å². The van der Waals surface area contributed by atoms with Crippen molar-refractivity contribution in [3.63, 3.8) is 0 Å². The van der Waals surface area contributed by atoms with E-state index in [0.29, 0.717) is 22.2 Å². The molecule has 1 aliphatic rings. The second-order valence-electron chi connectivity index (χ2n) is 4.23. The Balaban J connectivity index is 2.24. The summed E-state index contributed by atoms with van der Waals surface area (Å²) in [6.07, 6.45) is -4.30. The average molecular weight is 338 g/mol. The van der Waals surface area contributed by atoms with Gasteiger partial charge in [0.05, 0.1) is 11.5 Å². The van der Waals surface area contributed by atoms with Gasteiger partial charge in [0.15, 0.2) is 5.17 Å². The third-order valence-corrected chi connectivity index (χ3v) is 4.54. The number of rotatable bonds is 3. The summed E-state index contributed by atoms with van der Waals surface area (Å²) in [7, 11) is 0. The van der Waals surface area contributed by atoms with Crippen LogP contribution in [0.15, 0.2) is 22.0 Å². The highest BCUT2D eigenvalue weighted by Gasteiger charge is 2.27. The van der Waals surface area contributed by atoms with E-state index in [1.54, 1.807) is 0 Å². The Morgan fingerprint density at radius 2 is 2.14 bits per heavy atom. The van der Waals surface area contributed by atoms with Gasteiger partial charge in [-0.2, -0.15) is 13.2 Å². The van der Waals surface area contributed by atoms with Gasteiger partial charge in [0.1, 0.15) is 11.5 Å². The summed E-state index contributed by atoms with van der Waals surface area (Å²) >= 11 is 1.70. The van der Waals surface area contributed by atoms with Gasteiger partial charge in [0, 0.05) is 4.90 Å². The Morgan fingerprint density at radius 3 is 2.71 bits per heavy atom. The number of carbonyl (C=O) groups excluding carboxylic acids is 1. The number of aliphatic imine (C=N–C) groups is 1. The molecule has 1 N–H and O–H groups in total. The van der Waals surface area contributed by atoms with Gasteiger partial charge in [0.25, 0.3) is 0 Å². The SMILES string of the molecule is Cc1cc(F)c(/N=C2/NC(=O)CS2)cc1SCC(F)(F)F. The van der Waals surface area contributed by atoms with Crippen molar-refractivity contribution in [3.8, 4) is 0 Å². The molecule has 0 bridgehead atoms. The smallest absolute Gasteiger partial charge is 0.304 e. The number of carbonyl (C=O) groups is 1. The van der Waals surface area contributed by atoms with E-state index < -0.39 is 17.7 Å². The Morgan fingerprint density at radius 1 is 1.43 bits per heavy atom. The van der Waals surface area contributed by atoms with Crippen LogP contribution in [0, 0.1) is 12.7 Å². The van der Waals surface area contributed by atoms with Crippen molar-refractivity contribution < 1.29 is 22.4 Å². The van der Waals surface area contributed by atoms with Crippen molar-refractivity contribution in [1.82, 2.24) is 5.32 Å². The highest BCUT2D eigenvalue weighted by Crippen LogP contribution is 2.33. The molecule has 0 aliphatic carbocycles. The molecule has 1 aliphatic heterocycles. The highest BCUT2D eigenvalue weighted by atomic mass is 32.2. The van der Waals surface area contributed by atoms with E-state index in [1.807, 2.05) is 0 Å². The molecule has 1 saturated heterocycles. The number of nitrogens with one attached hydrogen (secondary N) is 1. The second-order valence-corrected chi connectivity index (χ2v) is 6.21. The maximum atomic E-state index is 13.8. The number of amides is 1. The zero-order valence-electron chi connectivity index (χ0n) is 10.8. The minimum absolute atomic E-state index is 0.0880. The van der Waals surface area contributed by atoms with Gasteiger partial charge in [-0.15, -0.1) is 11.8 Å². The molecule has 0 saturated carbocycles. The first-order chi connectivity index (χ1) is 9.74. The van der Waals surface area contributed by atoms with Crippen LogP contribution in [0.2, 0.25) is 0 Å². The van der Waals surface area contributed by atoms with Gasteiger partial charge in [-0.05, 0) is 24.6 Å². The van der Waals surface area contributed by atoms with Crippen LogP contribution in [0.1, 0.15) is 5.56 Å². The first kappa shape index (κ1) is 16.2. The molecule has 3 nitrogen and oxygen atoms in total. The summed E-state index contributed by atoms with van der Waals surface area (Å²) in [5.74, 6) is -1.74. The van der Waals surface area contributed by atoms with Crippen LogP contribution in [0.4, 0.5) is 23.2 Å². The summed E-state index contributed by atoms with van der Waals surface area (Å²) in [6.45, 7) is 1.53. The summed E-state index contributed by atoms with van der Waals surface area (Å²) in [5.41, 5.74) is 0.323. The topological polar surface area (TPSA) is 41.5 Å². The van der Waals surface area contributed by atoms with E-state index in [0.717, 1.165) is 17.8 Å². The summed E-state index contributed by atoms with van der Waals surface area (Å²) in [6, 6.07) is 2.40. The molecule has 0 radical (unpaired) electrons. The van der Waals surface area contributed by atoms with E-state index >= 15 is 0 Å². The van der Waals surface area contributed by atoms with E-state index in [4.69, 9.17) is 0 Å². The molecule has 1 aromatic rings. The fraction of sp³-hybridized carbons (Fsp3) is 0.333. The molecule has 21 heavy (non-hydrogen) atoms. The fourth-order valence-electron chi connectivity index (χ4n) is 1.54. The summed E-state index contributed by atoms with van der Waals surface area (Å²) in [4.78, 5) is 15.3. The first-order valence-corrected chi connectivity index (χ1v) is 7.73. The second kappa shape index (κ2) is 6.27.